The molecule has 0 saturated heterocycles. The predicted molar refractivity (Wildman–Crippen MR) is 111 cm³/mol. The third-order valence-corrected chi connectivity index (χ3v) is 5.23. The van der Waals surface area contributed by atoms with Gasteiger partial charge in [-0.1, -0.05) is 55.8 Å². The largest absolute Gasteiger partial charge is 0.469 e. The lowest BCUT2D eigenvalue weighted by Gasteiger charge is -2.20. The molecule has 2 atom stereocenters. The van der Waals surface area contributed by atoms with Crippen molar-refractivity contribution in [2.45, 2.75) is 77.9 Å². The Morgan fingerprint density at radius 1 is 1.26 bits per heavy atom. The van der Waals surface area contributed by atoms with E-state index >= 15 is 0 Å². The topological polar surface area (TPSA) is 35.5 Å². The molecular weight excluding hydrogens is 336 g/mol. The van der Waals surface area contributed by atoms with Gasteiger partial charge in [0, 0.05) is 6.42 Å². The molecule has 3 rings (SSSR count). The summed E-state index contributed by atoms with van der Waals surface area (Å²) in [6, 6.07) is 6.56. The van der Waals surface area contributed by atoms with E-state index in [-0.39, 0.29) is 18.2 Å². The van der Waals surface area contributed by atoms with E-state index < -0.39 is 0 Å². The van der Waals surface area contributed by atoms with E-state index in [1.165, 1.54) is 29.4 Å². The van der Waals surface area contributed by atoms with Crippen molar-refractivity contribution in [3.63, 3.8) is 0 Å². The van der Waals surface area contributed by atoms with Crippen LogP contribution in [0.4, 0.5) is 0 Å². The molecule has 0 N–H and O–H groups in total. The number of methoxy groups -OCH3 is 1. The molecule has 148 valence electrons. The van der Waals surface area contributed by atoms with Crippen LogP contribution in [0.15, 0.2) is 42.0 Å². The number of carbonyl (C=O) groups is 1. The van der Waals surface area contributed by atoms with Crippen molar-refractivity contribution in [2.75, 3.05) is 7.11 Å². The molecule has 0 heterocycles. The molecule has 0 saturated carbocycles. The number of allylic oxidation sites excluding steroid dienone is 2. The molecule has 2 aliphatic carbocycles. The Balaban J connectivity index is 0.00000126. The molecule has 0 radical (unpaired) electrons. The minimum absolute atomic E-state index is 0.124. The van der Waals surface area contributed by atoms with E-state index in [0.29, 0.717) is 6.42 Å². The summed E-state index contributed by atoms with van der Waals surface area (Å²) in [6.07, 6.45) is 13.5. The smallest absolute Gasteiger partial charge is 0.305 e. The monoisotopic (exact) mass is 370 g/mol. The average Bonchev–Trinajstić information content (AvgIpc) is 2.97. The first-order chi connectivity index (χ1) is 13.2. The Morgan fingerprint density at radius 2 is 2.07 bits per heavy atom. The molecule has 3 heteroatoms. The Kier molecular flexibility index (Phi) is 8.80. The number of esters is 1. The number of ether oxygens (including phenoxy) is 2. The van der Waals surface area contributed by atoms with Crippen molar-refractivity contribution in [1.82, 2.24) is 0 Å². The molecular formula is C24H34O3. The first-order valence-corrected chi connectivity index (χ1v) is 10.3. The summed E-state index contributed by atoms with van der Waals surface area (Å²) < 4.78 is 11.1. The van der Waals surface area contributed by atoms with Crippen LogP contribution in [0.25, 0.3) is 0 Å². The van der Waals surface area contributed by atoms with E-state index in [2.05, 4.69) is 43.4 Å². The van der Waals surface area contributed by atoms with E-state index in [0.717, 1.165) is 38.5 Å². The highest BCUT2D eigenvalue weighted by Gasteiger charge is 2.26. The van der Waals surface area contributed by atoms with Gasteiger partial charge in [-0.2, -0.15) is 0 Å². The highest BCUT2D eigenvalue weighted by atomic mass is 16.5. The lowest BCUT2D eigenvalue weighted by molar-refractivity contribution is -0.140. The SMILES string of the molecule is CC.COC(=O)CCCC1=CCC(OC2CCc3cccc(C)c32)C=CC1. The maximum atomic E-state index is 11.2. The Bertz CT molecular complexity index is 672. The van der Waals surface area contributed by atoms with Crippen LogP contribution < -0.4 is 0 Å². The fourth-order valence-electron chi connectivity index (χ4n) is 3.88. The number of fused-ring (bicyclic) bond motifs is 1. The fourth-order valence-corrected chi connectivity index (χ4v) is 3.88. The predicted octanol–water partition coefficient (Wildman–Crippen LogP) is 6.01. The van der Waals surface area contributed by atoms with Gasteiger partial charge in [0.15, 0.2) is 0 Å². The summed E-state index contributed by atoms with van der Waals surface area (Å²) in [4.78, 5) is 11.2. The Hall–Kier alpha value is -1.87. The van der Waals surface area contributed by atoms with Crippen molar-refractivity contribution in [2.24, 2.45) is 0 Å². The van der Waals surface area contributed by atoms with Crippen LogP contribution >= 0.6 is 0 Å². The molecule has 0 amide bonds. The molecule has 2 unspecified atom stereocenters. The quantitative estimate of drug-likeness (QED) is 0.454. The Labute approximate surface area is 164 Å². The van der Waals surface area contributed by atoms with Crippen LogP contribution in [0.1, 0.15) is 75.2 Å². The van der Waals surface area contributed by atoms with Crippen LogP contribution in [-0.4, -0.2) is 19.2 Å². The molecule has 27 heavy (non-hydrogen) atoms. The normalized spacial score (nSPS) is 20.8. The second-order valence-corrected chi connectivity index (χ2v) is 7.01. The lowest BCUT2D eigenvalue weighted by atomic mass is 10.0. The van der Waals surface area contributed by atoms with Crippen LogP contribution in [0.5, 0.6) is 0 Å². The maximum absolute atomic E-state index is 11.2. The van der Waals surface area contributed by atoms with E-state index in [9.17, 15) is 4.79 Å². The molecule has 1 aromatic rings. The van der Waals surface area contributed by atoms with Crippen LogP contribution in [0.2, 0.25) is 0 Å². The summed E-state index contributed by atoms with van der Waals surface area (Å²) >= 11 is 0. The molecule has 0 fully saturated rings. The number of hydrogen-bond acceptors (Lipinski definition) is 3. The molecule has 0 aromatic heterocycles. The number of hydrogen-bond donors (Lipinski definition) is 0. The number of carbonyl (C=O) groups excluding carboxylic acids is 1. The zero-order chi connectivity index (χ0) is 19.6. The summed E-state index contributed by atoms with van der Waals surface area (Å²) in [5, 5.41) is 0. The fraction of sp³-hybridized carbons (Fsp3) is 0.542. The second kappa shape index (κ2) is 11.1. The minimum atomic E-state index is -0.124. The molecule has 0 aliphatic heterocycles. The summed E-state index contributed by atoms with van der Waals surface area (Å²) in [6.45, 7) is 6.18. The second-order valence-electron chi connectivity index (χ2n) is 7.01. The van der Waals surface area contributed by atoms with Gasteiger partial charge in [-0.15, -0.1) is 0 Å². The molecule has 2 aliphatic rings. The minimum Gasteiger partial charge on any atom is -0.469 e. The van der Waals surface area contributed by atoms with Gasteiger partial charge < -0.3 is 9.47 Å². The molecule has 3 nitrogen and oxygen atoms in total. The van der Waals surface area contributed by atoms with Crippen molar-refractivity contribution >= 4 is 5.97 Å². The van der Waals surface area contributed by atoms with Gasteiger partial charge in [-0.3, -0.25) is 4.79 Å². The van der Waals surface area contributed by atoms with Gasteiger partial charge in [0.05, 0.1) is 19.3 Å². The first-order valence-electron chi connectivity index (χ1n) is 10.3. The van der Waals surface area contributed by atoms with Crippen LogP contribution in [0.3, 0.4) is 0 Å². The van der Waals surface area contributed by atoms with Crippen LogP contribution in [0, 0.1) is 6.92 Å². The highest BCUT2D eigenvalue weighted by Crippen LogP contribution is 2.37. The van der Waals surface area contributed by atoms with Crippen molar-refractivity contribution < 1.29 is 14.3 Å². The molecule has 0 bridgehead atoms. The van der Waals surface area contributed by atoms with Crippen molar-refractivity contribution in [1.29, 1.82) is 0 Å². The zero-order valence-electron chi connectivity index (χ0n) is 17.3. The van der Waals surface area contributed by atoms with Gasteiger partial charge in [0.2, 0.25) is 0 Å². The van der Waals surface area contributed by atoms with Crippen molar-refractivity contribution in [3.8, 4) is 0 Å². The Morgan fingerprint density at radius 3 is 2.85 bits per heavy atom. The van der Waals surface area contributed by atoms with Gasteiger partial charge in [-0.05, 0) is 62.1 Å². The highest BCUT2D eigenvalue weighted by molar-refractivity contribution is 5.69. The third kappa shape index (κ3) is 6.07. The standard InChI is InChI=1S/C22H28O3.C2H6/c1-16-6-3-9-18-13-15-20(22(16)18)25-19-10-4-7-17(12-14-19)8-5-11-21(23)24-2;1-2/h3-4,6,9-10,12,19-20H,5,7-8,11,13-15H2,1-2H3;1-2H3. The van der Waals surface area contributed by atoms with E-state index in [1.807, 2.05) is 13.8 Å². The summed E-state index contributed by atoms with van der Waals surface area (Å²) in [7, 11) is 1.45. The average molecular weight is 371 g/mol. The first kappa shape index (κ1) is 21.4. The van der Waals surface area contributed by atoms with Gasteiger partial charge in [-0.25, -0.2) is 0 Å². The maximum Gasteiger partial charge on any atom is 0.305 e. The number of aryl methyl sites for hydroxylation is 2. The molecule has 0 spiro atoms. The summed E-state index contributed by atoms with van der Waals surface area (Å²) in [5.74, 6) is -0.124. The summed E-state index contributed by atoms with van der Waals surface area (Å²) in [5.41, 5.74) is 5.59. The van der Waals surface area contributed by atoms with E-state index in [4.69, 9.17) is 9.47 Å². The van der Waals surface area contributed by atoms with Gasteiger partial charge >= 0.3 is 5.97 Å². The van der Waals surface area contributed by atoms with Gasteiger partial charge in [0.1, 0.15) is 0 Å². The lowest BCUT2D eigenvalue weighted by Crippen LogP contribution is -2.13. The van der Waals surface area contributed by atoms with Crippen molar-refractivity contribution in [3.05, 3.63) is 58.7 Å². The molecule has 1 aromatic carbocycles. The van der Waals surface area contributed by atoms with Gasteiger partial charge in [0.25, 0.3) is 0 Å². The number of rotatable bonds is 6. The third-order valence-electron chi connectivity index (χ3n) is 5.23. The number of benzene rings is 1. The van der Waals surface area contributed by atoms with Crippen LogP contribution in [-0.2, 0) is 20.7 Å². The zero-order valence-corrected chi connectivity index (χ0v) is 17.3. The van der Waals surface area contributed by atoms with E-state index in [1.54, 1.807) is 0 Å².